The molecule has 1 N–H and O–H groups in total. The quantitative estimate of drug-likeness (QED) is 0.549. The van der Waals surface area contributed by atoms with Gasteiger partial charge in [-0.3, -0.25) is 4.79 Å². The molecule has 0 radical (unpaired) electrons. The molecule has 3 heteroatoms. The van der Waals surface area contributed by atoms with Crippen LogP contribution in [0, 0.1) is 0 Å². The molecule has 0 fully saturated rings. The average molecular weight is 267 g/mol. The van der Waals surface area contributed by atoms with Crippen LogP contribution in [0.25, 0.3) is 0 Å². The van der Waals surface area contributed by atoms with Crippen molar-refractivity contribution in [1.82, 2.24) is 0 Å². The third-order valence-electron chi connectivity index (χ3n) is 2.95. The van der Waals surface area contributed by atoms with Crippen molar-refractivity contribution in [1.29, 1.82) is 0 Å². The second-order valence-corrected chi connectivity index (χ2v) is 4.81. The summed E-state index contributed by atoms with van der Waals surface area (Å²) in [5, 5.41) is 9.85. The number of hydrogen-bond acceptors (Lipinski definition) is 1. The molecule has 1 unspecified atom stereocenters. The van der Waals surface area contributed by atoms with Crippen LogP contribution >= 0.6 is 11.6 Å². The van der Waals surface area contributed by atoms with Gasteiger partial charge in [0.2, 0.25) is 0 Å². The summed E-state index contributed by atoms with van der Waals surface area (Å²) in [4.78, 5) is 11.3. The van der Waals surface area contributed by atoms with E-state index in [9.17, 15) is 9.90 Å². The Kier molecular flexibility index (Phi) is 6.51. The number of benzene rings is 1. The number of carbonyl (C=O) groups is 1. The highest BCUT2D eigenvalue weighted by molar-refractivity contribution is 6.30. The molecule has 0 spiro atoms. The molecule has 1 aromatic carbocycles. The number of unbranched alkanes of at least 4 members (excludes halogenated alkanes) is 3. The zero-order valence-electron chi connectivity index (χ0n) is 10.4. The fourth-order valence-electron chi connectivity index (χ4n) is 1.97. The van der Waals surface area contributed by atoms with Crippen LogP contribution in [0.1, 0.15) is 43.6 Å². The lowest BCUT2D eigenvalue weighted by Crippen LogP contribution is -2.11. The zero-order valence-corrected chi connectivity index (χ0v) is 11.2. The first kappa shape index (κ1) is 14.8. The van der Waals surface area contributed by atoms with E-state index in [1.54, 1.807) is 18.2 Å². The van der Waals surface area contributed by atoms with Gasteiger partial charge in [-0.15, -0.1) is 6.58 Å². The van der Waals surface area contributed by atoms with Crippen molar-refractivity contribution in [3.05, 3.63) is 47.5 Å². The third-order valence-corrected chi connectivity index (χ3v) is 3.19. The van der Waals surface area contributed by atoms with Gasteiger partial charge in [0, 0.05) is 5.02 Å². The van der Waals surface area contributed by atoms with Gasteiger partial charge in [0.15, 0.2) is 0 Å². The van der Waals surface area contributed by atoms with Gasteiger partial charge in [-0.1, -0.05) is 42.7 Å². The molecule has 0 heterocycles. The molecule has 1 aromatic rings. The van der Waals surface area contributed by atoms with E-state index in [-0.39, 0.29) is 0 Å². The van der Waals surface area contributed by atoms with Gasteiger partial charge in [-0.2, -0.15) is 0 Å². The van der Waals surface area contributed by atoms with Crippen molar-refractivity contribution in [3.63, 3.8) is 0 Å². The molecule has 0 aliphatic heterocycles. The van der Waals surface area contributed by atoms with E-state index in [1.807, 2.05) is 12.1 Å². The second kappa shape index (κ2) is 7.93. The molecule has 98 valence electrons. The Morgan fingerprint density at radius 3 is 2.78 bits per heavy atom. The number of carboxylic acids is 1. The number of halogens is 1. The van der Waals surface area contributed by atoms with Crippen LogP contribution in [-0.2, 0) is 4.79 Å². The average Bonchev–Trinajstić information content (AvgIpc) is 2.33. The van der Waals surface area contributed by atoms with Crippen molar-refractivity contribution in [3.8, 4) is 0 Å². The van der Waals surface area contributed by atoms with Crippen LogP contribution in [0.4, 0.5) is 0 Å². The van der Waals surface area contributed by atoms with Gasteiger partial charge < -0.3 is 5.11 Å². The molecule has 1 atom stereocenters. The molecular weight excluding hydrogens is 248 g/mol. The van der Waals surface area contributed by atoms with Gasteiger partial charge >= 0.3 is 5.97 Å². The van der Waals surface area contributed by atoms with Crippen LogP contribution in [0.2, 0.25) is 5.02 Å². The minimum Gasteiger partial charge on any atom is -0.481 e. The third kappa shape index (κ3) is 4.92. The molecule has 0 aromatic heterocycles. The number of aliphatic carboxylic acids is 1. The maximum Gasteiger partial charge on any atom is 0.310 e. The smallest absolute Gasteiger partial charge is 0.310 e. The fourth-order valence-corrected chi connectivity index (χ4v) is 2.17. The lowest BCUT2D eigenvalue weighted by molar-refractivity contribution is -0.139. The molecule has 0 aliphatic carbocycles. The van der Waals surface area contributed by atoms with Crippen LogP contribution in [-0.4, -0.2) is 11.1 Å². The monoisotopic (exact) mass is 266 g/mol. The largest absolute Gasteiger partial charge is 0.481 e. The van der Waals surface area contributed by atoms with E-state index in [4.69, 9.17) is 11.6 Å². The summed E-state index contributed by atoms with van der Waals surface area (Å²) in [5.41, 5.74) is 0.790. The van der Waals surface area contributed by atoms with E-state index < -0.39 is 11.9 Å². The molecule has 1 rings (SSSR count). The second-order valence-electron chi connectivity index (χ2n) is 4.37. The van der Waals surface area contributed by atoms with Gasteiger partial charge in [0.1, 0.15) is 0 Å². The Morgan fingerprint density at radius 2 is 2.17 bits per heavy atom. The highest BCUT2D eigenvalue weighted by atomic mass is 35.5. The summed E-state index contributed by atoms with van der Waals surface area (Å²) in [6.45, 7) is 3.67. The van der Waals surface area contributed by atoms with E-state index >= 15 is 0 Å². The molecule has 0 saturated heterocycles. The first-order valence-electron chi connectivity index (χ1n) is 6.24. The van der Waals surface area contributed by atoms with Crippen molar-refractivity contribution >= 4 is 17.6 Å². The SMILES string of the molecule is C=CCCCCCC(C(=O)O)c1cccc(Cl)c1. The van der Waals surface area contributed by atoms with Crippen molar-refractivity contribution in [2.45, 2.75) is 38.0 Å². The topological polar surface area (TPSA) is 37.3 Å². The van der Waals surface area contributed by atoms with Crippen LogP contribution in [0.15, 0.2) is 36.9 Å². The van der Waals surface area contributed by atoms with Gasteiger partial charge in [-0.05, 0) is 37.0 Å². The number of carboxylic acid groups (broad SMARTS) is 1. The van der Waals surface area contributed by atoms with E-state index in [0.717, 1.165) is 31.2 Å². The lowest BCUT2D eigenvalue weighted by atomic mass is 9.93. The molecule has 18 heavy (non-hydrogen) atoms. The number of hydrogen-bond donors (Lipinski definition) is 1. The van der Waals surface area contributed by atoms with Crippen LogP contribution in [0.3, 0.4) is 0 Å². The molecular formula is C15H19ClO2. The molecule has 2 nitrogen and oxygen atoms in total. The number of rotatable bonds is 8. The predicted octanol–water partition coefficient (Wildman–Crippen LogP) is 4.64. The van der Waals surface area contributed by atoms with Crippen molar-refractivity contribution in [2.75, 3.05) is 0 Å². The first-order chi connectivity index (χ1) is 8.65. The van der Waals surface area contributed by atoms with Crippen molar-refractivity contribution in [2.24, 2.45) is 0 Å². The Bertz CT molecular complexity index is 401. The van der Waals surface area contributed by atoms with Gasteiger partial charge in [0.05, 0.1) is 5.92 Å². The maximum absolute atomic E-state index is 11.3. The standard InChI is InChI=1S/C15H19ClO2/c1-2-3-4-5-6-10-14(15(17)18)12-8-7-9-13(16)11-12/h2,7-9,11,14H,1,3-6,10H2,(H,17,18). The molecule has 0 amide bonds. The van der Waals surface area contributed by atoms with Crippen LogP contribution < -0.4 is 0 Å². The molecule has 0 saturated carbocycles. The summed E-state index contributed by atoms with van der Waals surface area (Å²) in [5.74, 6) is -1.23. The Hall–Kier alpha value is -1.28. The highest BCUT2D eigenvalue weighted by Crippen LogP contribution is 2.25. The normalized spacial score (nSPS) is 12.1. The summed E-state index contributed by atoms with van der Waals surface area (Å²) in [6.07, 6.45) is 6.58. The maximum atomic E-state index is 11.3. The lowest BCUT2D eigenvalue weighted by Gasteiger charge is -2.12. The summed E-state index contributed by atoms with van der Waals surface area (Å²) in [7, 11) is 0. The Balaban J connectivity index is 2.55. The highest BCUT2D eigenvalue weighted by Gasteiger charge is 2.19. The summed E-state index contributed by atoms with van der Waals surface area (Å²) in [6, 6.07) is 7.12. The first-order valence-corrected chi connectivity index (χ1v) is 6.62. The predicted molar refractivity (Wildman–Crippen MR) is 75.1 cm³/mol. The Morgan fingerprint density at radius 1 is 1.39 bits per heavy atom. The van der Waals surface area contributed by atoms with Crippen molar-refractivity contribution < 1.29 is 9.90 Å². The Labute approximate surface area is 113 Å². The van der Waals surface area contributed by atoms with Crippen LogP contribution in [0.5, 0.6) is 0 Å². The van der Waals surface area contributed by atoms with E-state index in [1.165, 1.54) is 0 Å². The zero-order chi connectivity index (χ0) is 13.4. The minimum absolute atomic E-state index is 0.451. The molecule has 0 aliphatic rings. The van der Waals surface area contributed by atoms with E-state index in [2.05, 4.69) is 6.58 Å². The van der Waals surface area contributed by atoms with E-state index in [0.29, 0.717) is 11.4 Å². The summed E-state index contributed by atoms with van der Waals surface area (Å²) < 4.78 is 0. The fraction of sp³-hybridized carbons (Fsp3) is 0.400. The minimum atomic E-state index is -0.777. The number of allylic oxidation sites excluding steroid dienone is 1. The van der Waals surface area contributed by atoms with Gasteiger partial charge in [0.25, 0.3) is 0 Å². The molecule has 0 bridgehead atoms. The summed E-state index contributed by atoms with van der Waals surface area (Å²) >= 11 is 5.89. The van der Waals surface area contributed by atoms with Gasteiger partial charge in [-0.25, -0.2) is 0 Å².